The zero-order chi connectivity index (χ0) is 18.5. The van der Waals surface area contributed by atoms with Gasteiger partial charge >= 0.3 is 0 Å². The van der Waals surface area contributed by atoms with Gasteiger partial charge in [-0.05, 0) is 30.9 Å². The van der Waals surface area contributed by atoms with Crippen LogP contribution in [-0.4, -0.2) is 35.9 Å². The second-order valence-electron chi connectivity index (χ2n) is 6.58. The molecule has 7 nitrogen and oxygen atoms in total. The van der Waals surface area contributed by atoms with E-state index in [-0.39, 0.29) is 17.4 Å². The lowest BCUT2D eigenvalue weighted by molar-refractivity contribution is -0.117. The van der Waals surface area contributed by atoms with Crippen molar-refractivity contribution in [1.82, 2.24) is 9.78 Å². The number of rotatable bonds is 5. The number of anilines is 2. The lowest BCUT2D eigenvalue weighted by Crippen LogP contribution is -2.38. The van der Waals surface area contributed by atoms with Gasteiger partial charge in [-0.3, -0.25) is 9.59 Å². The van der Waals surface area contributed by atoms with Gasteiger partial charge in [0.2, 0.25) is 5.91 Å². The van der Waals surface area contributed by atoms with Crippen LogP contribution in [0.2, 0.25) is 0 Å². The number of nitrogens with zero attached hydrogens (tertiary/aromatic N) is 3. The van der Waals surface area contributed by atoms with Crippen LogP contribution in [0.4, 0.5) is 11.4 Å². The molecule has 0 radical (unpaired) electrons. The summed E-state index contributed by atoms with van der Waals surface area (Å²) in [7, 11) is 3.22. The van der Waals surface area contributed by atoms with Gasteiger partial charge in [0.1, 0.15) is 5.75 Å². The molecule has 0 bridgehead atoms. The summed E-state index contributed by atoms with van der Waals surface area (Å²) < 4.78 is 6.58. The normalized spacial score (nSPS) is 17.0. The standard InChI is InChI=1S/C19H24N4O3/c1-22-19(25)11-15(12-20-22)23-9-5-6-14(13-23)10-18(24)21-16-7-3-4-8-17(16)26-2/h3-4,7-8,11-12,14H,5-6,9-10,13H2,1-2H3,(H,21,24). The fourth-order valence-electron chi connectivity index (χ4n) is 3.31. The highest BCUT2D eigenvalue weighted by Crippen LogP contribution is 2.26. The van der Waals surface area contributed by atoms with Gasteiger partial charge in [0, 0.05) is 32.6 Å². The topological polar surface area (TPSA) is 76.5 Å². The maximum absolute atomic E-state index is 12.4. The Kier molecular flexibility index (Phi) is 5.55. The van der Waals surface area contributed by atoms with E-state index >= 15 is 0 Å². The van der Waals surface area contributed by atoms with Gasteiger partial charge in [0.25, 0.3) is 5.56 Å². The van der Waals surface area contributed by atoms with Gasteiger partial charge in [0.05, 0.1) is 24.7 Å². The second kappa shape index (κ2) is 8.03. The molecule has 1 aromatic heterocycles. The summed E-state index contributed by atoms with van der Waals surface area (Å²) in [6.07, 6.45) is 4.13. The van der Waals surface area contributed by atoms with Crippen molar-refractivity contribution in [2.24, 2.45) is 13.0 Å². The van der Waals surface area contributed by atoms with Crippen molar-refractivity contribution >= 4 is 17.3 Å². The molecule has 0 spiro atoms. The van der Waals surface area contributed by atoms with E-state index < -0.39 is 0 Å². The Morgan fingerprint density at radius 2 is 2.19 bits per heavy atom. The number of para-hydroxylation sites is 2. The first-order valence-corrected chi connectivity index (χ1v) is 8.78. The van der Waals surface area contributed by atoms with Crippen LogP contribution in [0.25, 0.3) is 0 Å². The largest absolute Gasteiger partial charge is 0.495 e. The second-order valence-corrected chi connectivity index (χ2v) is 6.58. The first-order valence-electron chi connectivity index (χ1n) is 8.78. The summed E-state index contributed by atoms with van der Waals surface area (Å²) in [6, 6.07) is 8.98. The van der Waals surface area contributed by atoms with Gasteiger partial charge < -0.3 is 15.0 Å². The van der Waals surface area contributed by atoms with Crippen molar-refractivity contribution in [2.45, 2.75) is 19.3 Å². The number of carbonyl (C=O) groups excluding carboxylic acids is 1. The summed E-state index contributed by atoms with van der Waals surface area (Å²) in [5.41, 5.74) is 1.38. The molecule has 138 valence electrons. The maximum Gasteiger partial charge on any atom is 0.268 e. The number of hydrogen-bond donors (Lipinski definition) is 1. The lowest BCUT2D eigenvalue weighted by atomic mass is 9.94. The Balaban J connectivity index is 1.62. The van der Waals surface area contributed by atoms with Crippen LogP contribution >= 0.6 is 0 Å². The molecule has 1 aliphatic rings. The third kappa shape index (κ3) is 4.22. The van der Waals surface area contributed by atoms with Crippen LogP contribution in [0.3, 0.4) is 0 Å². The Morgan fingerprint density at radius 3 is 2.96 bits per heavy atom. The smallest absolute Gasteiger partial charge is 0.268 e. The van der Waals surface area contributed by atoms with Crippen molar-refractivity contribution in [3.63, 3.8) is 0 Å². The predicted molar refractivity (Wildman–Crippen MR) is 101 cm³/mol. The molecule has 1 unspecified atom stereocenters. The van der Waals surface area contributed by atoms with Gasteiger partial charge in [0.15, 0.2) is 0 Å². The Labute approximate surface area is 152 Å². The first-order chi connectivity index (χ1) is 12.6. The number of methoxy groups -OCH3 is 1. The molecule has 2 aromatic rings. The summed E-state index contributed by atoms with van der Waals surface area (Å²) in [5, 5.41) is 7.02. The zero-order valence-corrected chi connectivity index (χ0v) is 15.1. The number of hydrogen-bond acceptors (Lipinski definition) is 5. The summed E-state index contributed by atoms with van der Waals surface area (Å²) in [6.45, 7) is 1.62. The van der Waals surface area contributed by atoms with Crippen LogP contribution in [-0.2, 0) is 11.8 Å². The maximum atomic E-state index is 12.4. The highest BCUT2D eigenvalue weighted by atomic mass is 16.5. The Morgan fingerprint density at radius 1 is 1.38 bits per heavy atom. The molecule has 2 heterocycles. The van der Waals surface area contributed by atoms with E-state index in [9.17, 15) is 9.59 Å². The van der Waals surface area contributed by atoms with Crippen LogP contribution in [0.5, 0.6) is 5.75 Å². The molecule has 1 saturated heterocycles. The minimum absolute atomic E-state index is 0.0246. The van der Waals surface area contributed by atoms with Crippen molar-refractivity contribution in [2.75, 3.05) is 30.4 Å². The molecule has 1 aliphatic heterocycles. The van der Waals surface area contributed by atoms with E-state index in [1.807, 2.05) is 24.3 Å². The average molecular weight is 356 g/mol. The molecular weight excluding hydrogens is 332 g/mol. The van der Waals surface area contributed by atoms with Crippen molar-refractivity contribution in [3.8, 4) is 5.75 Å². The summed E-state index contributed by atoms with van der Waals surface area (Å²) >= 11 is 0. The van der Waals surface area contributed by atoms with Crippen molar-refractivity contribution in [1.29, 1.82) is 0 Å². The number of aromatic nitrogens is 2. The molecule has 1 atom stereocenters. The molecule has 7 heteroatoms. The van der Waals surface area contributed by atoms with E-state index in [1.165, 1.54) is 4.68 Å². The molecule has 26 heavy (non-hydrogen) atoms. The van der Waals surface area contributed by atoms with E-state index in [4.69, 9.17) is 4.74 Å². The molecule has 0 aliphatic carbocycles. The van der Waals surface area contributed by atoms with Gasteiger partial charge in [-0.1, -0.05) is 12.1 Å². The lowest BCUT2D eigenvalue weighted by Gasteiger charge is -2.33. The average Bonchev–Trinajstić information content (AvgIpc) is 2.64. The van der Waals surface area contributed by atoms with Gasteiger partial charge in [-0.2, -0.15) is 5.10 Å². The molecule has 3 rings (SSSR count). The number of carbonyl (C=O) groups is 1. The minimum atomic E-state index is -0.126. The predicted octanol–water partition coefficient (Wildman–Crippen LogP) is 2.03. The monoisotopic (exact) mass is 356 g/mol. The van der Waals surface area contributed by atoms with Crippen LogP contribution < -0.4 is 20.5 Å². The van der Waals surface area contributed by atoms with Crippen molar-refractivity contribution in [3.05, 3.63) is 46.9 Å². The summed E-state index contributed by atoms with van der Waals surface area (Å²) in [5.74, 6) is 0.864. The van der Waals surface area contributed by atoms with Crippen LogP contribution in [0.15, 0.2) is 41.3 Å². The third-order valence-corrected chi connectivity index (χ3v) is 4.69. The SMILES string of the molecule is COc1ccccc1NC(=O)CC1CCCN(c2cnn(C)c(=O)c2)C1. The van der Waals surface area contributed by atoms with E-state index in [1.54, 1.807) is 26.4 Å². The minimum Gasteiger partial charge on any atom is -0.495 e. The fraction of sp³-hybridized carbons (Fsp3) is 0.421. The van der Waals surface area contributed by atoms with Crippen LogP contribution in [0.1, 0.15) is 19.3 Å². The number of ether oxygens (including phenoxy) is 1. The number of aryl methyl sites for hydroxylation is 1. The number of piperidine rings is 1. The van der Waals surface area contributed by atoms with Gasteiger partial charge in [-0.25, -0.2) is 4.68 Å². The van der Waals surface area contributed by atoms with E-state index in [0.717, 1.165) is 31.6 Å². The highest BCUT2D eigenvalue weighted by Gasteiger charge is 2.23. The highest BCUT2D eigenvalue weighted by molar-refractivity contribution is 5.92. The Bertz CT molecular complexity index is 834. The van der Waals surface area contributed by atoms with E-state index in [2.05, 4.69) is 15.3 Å². The molecular formula is C19H24N4O3. The number of benzene rings is 1. The zero-order valence-electron chi connectivity index (χ0n) is 15.1. The Hall–Kier alpha value is -2.83. The van der Waals surface area contributed by atoms with Gasteiger partial charge in [-0.15, -0.1) is 0 Å². The first kappa shape index (κ1) is 18.0. The van der Waals surface area contributed by atoms with Crippen molar-refractivity contribution < 1.29 is 9.53 Å². The molecule has 1 amide bonds. The fourth-order valence-corrected chi connectivity index (χ4v) is 3.31. The number of amides is 1. The molecule has 1 N–H and O–H groups in total. The van der Waals surface area contributed by atoms with E-state index in [0.29, 0.717) is 17.9 Å². The molecule has 0 saturated carbocycles. The quantitative estimate of drug-likeness (QED) is 0.887. The molecule has 1 fully saturated rings. The van der Waals surface area contributed by atoms with Crippen LogP contribution in [0, 0.1) is 5.92 Å². The summed E-state index contributed by atoms with van der Waals surface area (Å²) in [4.78, 5) is 26.4. The number of nitrogens with one attached hydrogen (secondary N) is 1. The third-order valence-electron chi connectivity index (χ3n) is 4.69. The molecule has 1 aromatic carbocycles.